The van der Waals surface area contributed by atoms with Crippen molar-refractivity contribution in [2.75, 3.05) is 5.32 Å². The molecule has 0 fully saturated rings. The quantitative estimate of drug-likeness (QED) is 0.875. The molecule has 0 saturated carbocycles. The van der Waals surface area contributed by atoms with Crippen molar-refractivity contribution in [3.8, 4) is 0 Å². The van der Waals surface area contributed by atoms with Crippen LogP contribution in [0.4, 0.5) is 10.1 Å². The zero-order valence-corrected chi connectivity index (χ0v) is 12.1. The summed E-state index contributed by atoms with van der Waals surface area (Å²) in [7, 11) is 0. The third kappa shape index (κ3) is 3.05. The first kappa shape index (κ1) is 15.0. The lowest BCUT2D eigenvalue weighted by atomic mass is 9.86. The van der Waals surface area contributed by atoms with Crippen LogP contribution in [-0.2, 0) is 10.3 Å². The predicted molar refractivity (Wildman–Crippen MR) is 80.8 cm³/mol. The van der Waals surface area contributed by atoms with E-state index in [1.165, 1.54) is 18.2 Å². The molecule has 2 rings (SSSR count). The molecular weight excluding hydrogens is 269 g/mol. The molecule has 1 unspecified atom stereocenters. The second kappa shape index (κ2) is 5.95. The van der Waals surface area contributed by atoms with E-state index in [0.717, 1.165) is 5.56 Å². The lowest BCUT2D eigenvalue weighted by Gasteiger charge is -2.31. The Kier molecular flexibility index (Phi) is 4.26. The average molecular weight is 287 g/mol. The summed E-state index contributed by atoms with van der Waals surface area (Å²) in [6, 6.07) is 13.2. The van der Waals surface area contributed by atoms with Crippen LogP contribution in [-0.4, -0.2) is 11.1 Å². The normalized spacial score (nSPS) is 13.5. The van der Waals surface area contributed by atoms with Crippen LogP contribution in [0.5, 0.6) is 0 Å². The lowest BCUT2D eigenvalue weighted by Crippen LogP contribution is -2.43. The summed E-state index contributed by atoms with van der Waals surface area (Å²) in [5.74, 6) is -1.48. The Bertz CT molecular complexity index is 657. The zero-order valence-electron chi connectivity index (χ0n) is 12.1. The number of hydrogen-bond donors (Lipinski definition) is 2. The molecule has 0 aliphatic carbocycles. The first-order chi connectivity index (χ1) is 9.98. The smallest absolute Gasteiger partial charge is 0.334 e. The number of carbonyl (C=O) groups is 1. The Morgan fingerprint density at radius 1 is 1.24 bits per heavy atom. The van der Waals surface area contributed by atoms with Crippen LogP contribution >= 0.6 is 0 Å². The van der Waals surface area contributed by atoms with Crippen molar-refractivity contribution in [2.24, 2.45) is 0 Å². The number of rotatable bonds is 5. The second-order valence-electron chi connectivity index (χ2n) is 5.07. The Morgan fingerprint density at radius 3 is 2.52 bits per heavy atom. The molecular formula is C17H18FNO2. The van der Waals surface area contributed by atoms with Gasteiger partial charge in [0.15, 0.2) is 5.54 Å². The van der Waals surface area contributed by atoms with Gasteiger partial charge in [0.05, 0.1) is 0 Å². The summed E-state index contributed by atoms with van der Waals surface area (Å²) < 4.78 is 13.5. The van der Waals surface area contributed by atoms with Crippen molar-refractivity contribution in [3.63, 3.8) is 0 Å². The van der Waals surface area contributed by atoms with Gasteiger partial charge in [0, 0.05) is 5.69 Å². The summed E-state index contributed by atoms with van der Waals surface area (Å²) in [5.41, 5.74) is 0.771. The van der Waals surface area contributed by atoms with E-state index in [1.807, 2.05) is 25.1 Å². The number of anilines is 1. The van der Waals surface area contributed by atoms with Gasteiger partial charge in [-0.05, 0) is 48.7 Å². The SMILES string of the molecule is CCC(Nc1cccc(C)c1)(C(=O)O)c1cccc(F)c1. The van der Waals surface area contributed by atoms with E-state index < -0.39 is 17.3 Å². The first-order valence-corrected chi connectivity index (χ1v) is 6.82. The molecule has 0 aliphatic heterocycles. The molecule has 2 aromatic carbocycles. The lowest BCUT2D eigenvalue weighted by molar-refractivity contribution is -0.142. The summed E-state index contributed by atoms with van der Waals surface area (Å²) in [4.78, 5) is 11.9. The van der Waals surface area contributed by atoms with Gasteiger partial charge in [-0.3, -0.25) is 0 Å². The van der Waals surface area contributed by atoms with E-state index in [9.17, 15) is 14.3 Å². The van der Waals surface area contributed by atoms with Crippen molar-refractivity contribution in [1.82, 2.24) is 0 Å². The highest BCUT2D eigenvalue weighted by atomic mass is 19.1. The van der Waals surface area contributed by atoms with Gasteiger partial charge in [0.1, 0.15) is 5.82 Å². The maximum Gasteiger partial charge on any atom is 0.334 e. The van der Waals surface area contributed by atoms with Gasteiger partial charge in [-0.1, -0.05) is 31.2 Å². The molecule has 0 bridgehead atoms. The van der Waals surface area contributed by atoms with Crippen LogP contribution < -0.4 is 5.32 Å². The predicted octanol–water partition coefficient (Wildman–Crippen LogP) is 3.94. The zero-order chi connectivity index (χ0) is 15.5. The van der Waals surface area contributed by atoms with Gasteiger partial charge in [-0.2, -0.15) is 0 Å². The van der Waals surface area contributed by atoms with Gasteiger partial charge in [0.25, 0.3) is 0 Å². The minimum absolute atomic E-state index is 0.291. The third-order valence-corrected chi connectivity index (χ3v) is 3.59. The largest absolute Gasteiger partial charge is 0.479 e. The highest BCUT2D eigenvalue weighted by Crippen LogP contribution is 2.31. The molecule has 0 heterocycles. The molecule has 110 valence electrons. The first-order valence-electron chi connectivity index (χ1n) is 6.82. The second-order valence-corrected chi connectivity index (χ2v) is 5.07. The fourth-order valence-electron chi connectivity index (χ4n) is 2.42. The fraction of sp³-hybridized carbons (Fsp3) is 0.235. The van der Waals surface area contributed by atoms with E-state index in [0.29, 0.717) is 17.7 Å². The number of halogens is 1. The monoisotopic (exact) mass is 287 g/mol. The summed E-state index contributed by atoms with van der Waals surface area (Å²) >= 11 is 0. The number of aryl methyl sites for hydroxylation is 1. The van der Waals surface area contributed by atoms with Crippen molar-refractivity contribution in [2.45, 2.75) is 25.8 Å². The van der Waals surface area contributed by atoms with Crippen molar-refractivity contribution < 1.29 is 14.3 Å². The Morgan fingerprint density at radius 2 is 1.95 bits per heavy atom. The van der Waals surface area contributed by atoms with Crippen LogP contribution in [0.3, 0.4) is 0 Å². The van der Waals surface area contributed by atoms with Crippen LogP contribution in [0.15, 0.2) is 48.5 Å². The Labute approximate surface area is 123 Å². The number of benzene rings is 2. The van der Waals surface area contributed by atoms with Crippen LogP contribution in [0, 0.1) is 12.7 Å². The van der Waals surface area contributed by atoms with Gasteiger partial charge >= 0.3 is 5.97 Å². The van der Waals surface area contributed by atoms with Gasteiger partial charge in [-0.15, -0.1) is 0 Å². The van der Waals surface area contributed by atoms with Gasteiger partial charge in [0.2, 0.25) is 0 Å². The van der Waals surface area contributed by atoms with Crippen molar-refractivity contribution in [1.29, 1.82) is 0 Å². The third-order valence-electron chi connectivity index (χ3n) is 3.59. The molecule has 2 aromatic rings. The van der Waals surface area contributed by atoms with E-state index in [-0.39, 0.29) is 0 Å². The average Bonchev–Trinajstić information content (AvgIpc) is 2.44. The molecule has 0 spiro atoms. The number of hydrogen-bond acceptors (Lipinski definition) is 2. The number of nitrogens with one attached hydrogen (secondary N) is 1. The van der Waals surface area contributed by atoms with Gasteiger partial charge in [-0.25, -0.2) is 9.18 Å². The number of aliphatic carboxylic acids is 1. The molecule has 3 nitrogen and oxygen atoms in total. The molecule has 1 atom stereocenters. The summed E-state index contributed by atoms with van der Waals surface area (Å²) in [6.07, 6.45) is 0.291. The molecule has 0 radical (unpaired) electrons. The van der Waals surface area contributed by atoms with Gasteiger partial charge < -0.3 is 10.4 Å². The summed E-state index contributed by atoms with van der Waals surface area (Å²) in [5, 5.41) is 12.8. The molecule has 21 heavy (non-hydrogen) atoms. The van der Waals surface area contributed by atoms with E-state index in [1.54, 1.807) is 19.1 Å². The molecule has 0 aliphatic rings. The number of carboxylic acid groups (broad SMARTS) is 1. The molecule has 2 N–H and O–H groups in total. The van der Waals surface area contributed by atoms with E-state index >= 15 is 0 Å². The fourth-order valence-corrected chi connectivity index (χ4v) is 2.42. The van der Waals surface area contributed by atoms with E-state index in [2.05, 4.69) is 5.32 Å². The van der Waals surface area contributed by atoms with Crippen LogP contribution in [0.1, 0.15) is 24.5 Å². The van der Waals surface area contributed by atoms with Crippen molar-refractivity contribution in [3.05, 3.63) is 65.5 Å². The minimum Gasteiger partial charge on any atom is -0.479 e. The molecule has 4 heteroatoms. The topological polar surface area (TPSA) is 49.3 Å². The standard InChI is InChI=1S/C17H18FNO2/c1-3-17(16(20)21,13-7-5-8-14(18)11-13)19-15-9-4-6-12(2)10-15/h4-11,19H,3H2,1-2H3,(H,20,21). The Hall–Kier alpha value is -2.36. The molecule has 0 amide bonds. The van der Waals surface area contributed by atoms with E-state index in [4.69, 9.17) is 0 Å². The highest BCUT2D eigenvalue weighted by molar-refractivity contribution is 5.84. The van der Waals surface area contributed by atoms with Crippen LogP contribution in [0.25, 0.3) is 0 Å². The number of carboxylic acids is 1. The minimum atomic E-state index is -1.35. The maximum absolute atomic E-state index is 13.5. The highest BCUT2D eigenvalue weighted by Gasteiger charge is 2.39. The Balaban J connectivity index is 2.49. The van der Waals surface area contributed by atoms with Crippen molar-refractivity contribution >= 4 is 11.7 Å². The molecule has 0 aromatic heterocycles. The molecule has 0 saturated heterocycles. The maximum atomic E-state index is 13.5. The summed E-state index contributed by atoms with van der Waals surface area (Å²) in [6.45, 7) is 3.70. The van der Waals surface area contributed by atoms with Crippen LogP contribution in [0.2, 0.25) is 0 Å².